The predicted molar refractivity (Wildman–Crippen MR) is 43.0 cm³/mol. The van der Waals surface area contributed by atoms with Crippen molar-refractivity contribution < 1.29 is 9.90 Å². The smallest absolute Gasteiger partial charge is 0.239 e. The lowest BCUT2D eigenvalue weighted by molar-refractivity contribution is -0.125. The predicted octanol–water partition coefficient (Wildman–Crippen LogP) is -0.778. The van der Waals surface area contributed by atoms with Crippen LogP contribution in [0.4, 0.5) is 0 Å². The fourth-order valence-corrected chi connectivity index (χ4v) is 0.509. The van der Waals surface area contributed by atoms with Gasteiger partial charge in [-0.25, -0.2) is 0 Å². The summed E-state index contributed by atoms with van der Waals surface area (Å²) in [6, 6.07) is 0. The molecule has 0 radical (unpaired) electrons. The fraction of sp³-hybridized carbons (Fsp3) is 0.857. The standard InChI is InChI=1S/C7H16N2O2/c1-7(2,8)6(11)9-4-3-5-10/h10H,3-5,8H2,1-2H3,(H,9,11). The van der Waals surface area contributed by atoms with Gasteiger partial charge < -0.3 is 16.2 Å². The van der Waals surface area contributed by atoms with Crippen LogP contribution in [-0.4, -0.2) is 29.7 Å². The Labute approximate surface area is 66.8 Å². The molecule has 1 amide bonds. The van der Waals surface area contributed by atoms with Gasteiger partial charge in [0, 0.05) is 13.2 Å². The van der Waals surface area contributed by atoms with Gasteiger partial charge in [-0.2, -0.15) is 0 Å². The number of hydrogen-bond donors (Lipinski definition) is 3. The molecule has 0 heterocycles. The van der Waals surface area contributed by atoms with E-state index in [0.29, 0.717) is 13.0 Å². The first-order valence-corrected chi connectivity index (χ1v) is 3.66. The van der Waals surface area contributed by atoms with Gasteiger partial charge in [-0.3, -0.25) is 4.79 Å². The summed E-state index contributed by atoms with van der Waals surface area (Å²) in [4.78, 5) is 11.0. The highest BCUT2D eigenvalue weighted by Gasteiger charge is 2.20. The van der Waals surface area contributed by atoms with Gasteiger partial charge in [0.05, 0.1) is 5.54 Å². The Kier molecular flexibility index (Phi) is 4.07. The van der Waals surface area contributed by atoms with E-state index in [2.05, 4.69) is 5.32 Å². The van der Waals surface area contributed by atoms with Crippen molar-refractivity contribution in [3.63, 3.8) is 0 Å². The quantitative estimate of drug-likeness (QED) is 0.472. The summed E-state index contributed by atoms with van der Waals surface area (Å²) < 4.78 is 0. The average Bonchev–Trinajstić information content (AvgIpc) is 1.86. The summed E-state index contributed by atoms with van der Waals surface area (Å²) in [7, 11) is 0. The van der Waals surface area contributed by atoms with E-state index in [0.717, 1.165) is 0 Å². The molecule has 4 heteroatoms. The van der Waals surface area contributed by atoms with E-state index in [9.17, 15) is 4.79 Å². The van der Waals surface area contributed by atoms with Crippen LogP contribution in [-0.2, 0) is 4.79 Å². The molecule has 0 fully saturated rings. The van der Waals surface area contributed by atoms with Crippen molar-refractivity contribution in [1.82, 2.24) is 5.32 Å². The van der Waals surface area contributed by atoms with Crippen LogP contribution in [0.2, 0.25) is 0 Å². The summed E-state index contributed by atoms with van der Waals surface area (Å²) in [5.74, 6) is -0.189. The van der Waals surface area contributed by atoms with Crippen LogP contribution in [0.3, 0.4) is 0 Å². The van der Waals surface area contributed by atoms with Gasteiger partial charge in [0.1, 0.15) is 0 Å². The van der Waals surface area contributed by atoms with Crippen molar-refractivity contribution in [3.8, 4) is 0 Å². The molecule has 0 aromatic rings. The van der Waals surface area contributed by atoms with E-state index < -0.39 is 5.54 Å². The third kappa shape index (κ3) is 4.75. The number of carbonyl (C=O) groups excluding carboxylic acids is 1. The first-order chi connectivity index (χ1) is 4.98. The molecular weight excluding hydrogens is 144 g/mol. The zero-order chi connectivity index (χ0) is 8.91. The third-order valence-corrected chi connectivity index (χ3v) is 1.21. The number of nitrogens with one attached hydrogen (secondary N) is 1. The Morgan fingerprint density at radius 2 is 2.18 bits per heavy atom. The molecule has 0 aromatic heterocycles. The molecule has 0 unspecified atom stereocenters. The molecular formula is C7H16N2O2. The highest BCUT2D eigenvalue weighted by molar-refractivity contribution is 5.84. The highest BCUT2D eigenvalue weighted by atomic mass is 16.3. The van der Waals surface area contributed by atoms with Gasteiger partial charge in [-0.15, -0.1) is 0 Å². The zero-order valence-electron chi connectivity index (χ0n) is 7.05. The van der Waals surface area contributed by atoms with Crippen molar-refractivity contribution in [1.29, 1.82) is 0 Å². The second-order valence-electron chi connectivity index (χ2n) is 3.05. The fourth-order valence-electron chi connectivity index (χ4n) is 0.509. The van der Waals surface area contributed by atoms with E-state index in [1.807, 2.05) is 0 Å². The summed E-state index contributed by atoms with van der Waals surface area (Å²) in [6.07, 6.45) is 0.571. The van der Waals surface area contributed by atoms with Gasteiger partial charge >= 0.3 is 0 Å². The largest absolute Gasteiger partial charge is 0.396 e. The van der Waals surface area contributed by atoms with E-state index in [4.69, 9.17) is 10.8 Å². The average molecular weight is 160 g/mol. The lowest BCUT2D eigenvalue weighted by atomic mass is 10.1. The second kappa shape index (κ2) is 4.31. The monoisotopic (exact) mass is 160 g/mol. The van der Waals surface area contributed by atoms with Gasteiger partial charge in [0.15, 0.2) is 0 Å². The van der Waals surface area contributed by atoms with Crippen LogP contribution >= 0.6 is 0 Å². The SMILES string of the molecule is CC(C)(N)C(=O)NCCCO. The number of nitrogens with two attached hydrogens (primary N) is 1. The maximum atomic E-state index is 11.0. The van der Waals surface area contributed by atoms with Gasteiger partial charge in [-0.1, -0.05) is 0 Å². The lowest BCUT2D eigenvalue weighted by Gasteiger charge is -2.17. The molecule has 0 aromatic carbocycles. The van der Waals surface area contributed by atoms with Crippen molar-refractivity contribution in [2.45, 2.75) is 25.8 Å². The first-order valence-electron chi connectivity index (χ1n) is 3.66. The molecule has 0 saturated heterocycles. The summed E-state index contributed by atoms with van der Waals surface area (Å²) in [5, 5.41) is 11.0. The van der Waals surface area contributed by atoms with Crippen LogP contribution in [0.25, 0.3) is 0 Å². The zero-order valence-corrected chi connectivity index (χ0v) is 7.05. The van der Waals surface area contributed by atoms with Gasteiger partial charge in [0.2, 0.25) is 5.91 Å². The third-order valence-electron chi connectivity index (χ3n) is 1.21. The summed E-state index contributed by atoms with van der Waals surface area (Å²) in [6.45, 7) is 3.85. The van der Waals surface area contributed by atoms with Crippen molar-refractivity contribution >= 4 is 5.91 Å². The number of rotatable bonds is 4. The normalized spacial score (nSPS) is 11.3. The Balaban J connectivity index is 3.54. The molecule has 0 aliphatic heterocycles. The van der Waals surface area contributed by atoms with Gasteiger partial charge in [-0.05, 0) is 20.3 Å². The highest BCUT2D eigenvalue weighted by Crippen LogP contribution is 1.94. The van der Waals surface area contributed by atoms with Crippen molar-refractivity contribution in [2.24, 2.45) is 5.73 Å². The molecule has 0 bridgehead atoms. The molecule has 0 saturated carbocycles. The molecule has 0 aliphatic carbocycles. The number of aliphatic hydroxyl groups is 1. The number of carbonyl (C=O) groups is 1. The van der Waals surface area contributed by atoms with Crippen LogP contribution in [0, 0.1) is 0 Å². The number of amides is 1. The molecule has 66 valence electrons. The van der Waals surface area contributed by atoms with Crippen molar-refractivity contribution in [2.75, 3.05) is 13.2 Å². The Morgan fingerprint density at radius 1 is 1.64 bits per heavy atom. The molecule has 0 rings (SSSR count). The molecule has 11 heavy (non-hydrogen) atoms. The second-order valence-corrected chi connectivity index (χ2v) is 3.05. The molecule has 0 atom stereocenters. The van der Waals surface area contributed by atoms with Crippen LogP contribution in [0.15, 0.2) is 0 Å². The molecule has 4 N–H and O–H groups in total. The van der Waals surface area contributed by atoms with E-state index >= 15 is 0 Å². The van der Waals surface area contributed by atoms with E-state index in [-0.39, 0.29) is 12.5 Å². The minimum atomic E-state index is -0.824. The van der Waals surface area contributed by atoms with Crippen LogP contribution in [0.5, 0.6) is 0 Å². The lowest BCUT2D eigenvalue weighted by Crippen LogP contribution is -2.49. The molecule has 4 nitrogen and oxygen atoms in total. The molecule has 0 aliphatic rings. The van der Waals surface area contributed by atoms with Crippen LogP contribution in [0.1, 0.15) is 20.3 Å². The number of aliphatic hydroxyl groups excluding tert-OH is 1. The Bertz CT molecular complexity index is 129. The summed E-state index contributed by atoms with van der Waals surface area (Å²) >= 11 is 0. The summed E-state index contributed by atoms with van der Waals surface area (Å²) in [5.41, 5.74) is 4.66. The van der Waals surface area contributed by atoms with Crippen LogP contribution < -0.4 is 11.1 Å². The maximum absolute atomic E-state index is 11.0. The van der Waals surface area contributed by atoms with Gasteiger partial charge in [0.25, 0.3) is 0 Å². The Hall–Kier alpha value is -0.610. The maximum Gasteiger partial charge on any atom is 0.239 e. The first kappa shape index (κ1) is 10.4. The Morgan fingerprint density at radius 3 is 2.55 bits per heavy atom. The minimum Gasteiger partial charge on any atom is -0.396 e. The van der Waals surface area contributed by atoms with Crippen molar-refractivity contribution in [3.05, 3.63) is 0 Å². The van der Waals surface area contributed by atoms with E-state index in [1.165, 1.54) is 0 Å². The number of hydrogen-bond acceptors (Lipinski definition) is 3. The molecule has 0 spiro atoms. The topological polar surface area (TPSA) is 75.4 Å². The van der Waals surface area contributed by atoms with E-state index in [1.54, 1.807) is 13.8 Å². The minimum absolute atomic E-state index is 0.0886.